The number of Topliss-reactive ketones (excluding diaryl/α,β-unsaturated/α-hetero) is 1. The minimum Gasteiger partial charge on any atom is -0.299 e. The summed E-state index contributed by atoms with van der Waals surface area (Å²) in [6.45, 7) is 1.99. The van der Waals surface area contributed by atoms with E-state index < -0.39 is 27.8 Å². The zero-order chi connectivity index (χ0) is 13.7. The van der Waals surface area contributed by atoms with E-state index in [9.17, 15) is 25.0 Å². The maximum atomic E-state index is 11.7. The molecule has 0 radical (unpaired) electrons. The van der Waals surface area contributed by atoms with E-state index >= 15 is 0 Å². The Bertz CT molecular complexity index is 344. The van der Waals surface area contributed by atoms with E-state index in [4.69, 9.17) is 0 Å². The monoisotopic (exact) mass is 258 g/mol. The molecule has 102 valence electrons. The van der Waals surface area contributed by atoms with Gasteiger partial charge in [-0.2, -0.15) is 0 Å². The van der Waals surface area contributed by atoms with Crippen LogP contribution in [0.25, 0.3) is 0 Å². The van der Waals surface area contributed by atoms with Crippen molar-refractivity contribution in [3.05, 3.63) is 20.2 Å². The lowest BCUT2D eigenvalue weighted by Gasteiger charge is -2.26. The summed E-state index contributed by atoms with van der Waals surface area (Å²) in [5.74, 6) is -0.971. The molecular weight excluding hydrogens is 240 g/mol. The third-order valence-corrected chi connectivity index (χ3v) is 3.54. The molecule has 3 atom stereocenters. The Morgan fingerprint density at radius 2 is 1.89 bits per heavy atom. The Hall–Kier alpha value is -1.53. The third kappa shape index (κ3) is 3.24. The van der Waals surface area contributed by atoms with Crippen LogP contribution in [0.15, 0.2) is 0 Å². The number of unbranched alkanes of at least 4 members (excludes halogenated alkanes) is 2. The number of ketones is 1. The number of hydrogen-bond donors (Lipinski definition) is 0. The van der Waals surface area contributed by atoms with Gasteiger partial charge in [0.2, 0.25) is 0 Å². The minimum atomic E-state index is -1.35. The van der Waals surface area contributed by atoms with Gasteiger partial charge in [0, 0.05) is 22.7 Å². The number of nitro groups is 2. The van der Waals surface area contributed by atoms with Gasteiger partial charge in [-0.1, -0.05) is 26.2 Å². The van der Waals surface area contributed by atoms with Gasteiger partial charge in [0.25, 0.3) is 12.1 Å². The predicted molar refractivity (Wildman–Crippen MR) is 63.4 cm³/mol. The molecule has 0 aromatic carbocycles. The summed E-state index contributed by atoms with van der Waals surface area (Å²) in [5, 5.41) is 21.8. The lowest BCUT2D eigenvalue weighted by Crippen LogP contribution is -2.50. The van der Waals surface area contributed by atoms with Crippen molar-refractivity contribution >= 4 is 5.78 Å². The first-order valence-electron chi connectivity index (χ1n) is 6.28. The van der Waals surface area contributed by atoms with Gasteiger partial charge >= 0.3 is 0 Å². The smallest absolute Gasteiger partial charge is 0.288 e. The molecule has 0 bridgehead atoms. The molecule has 7 heteroatoms. The molecule has 1 aliphatic carbocycles. The maximum absolute atomic E-state index is 11.7. The summed E-state index contributed by atoms with van der Waals surface area (Å²) in [7, 11) is 0. The Morgan fingerprint density at radius 3 is 2.39 bits per heavy atom. The molecule has 0 saturated heterocycles. The van der Waals surface area contributed by atoms with Gasteiger partial charge in [0.1, 0.15) is 5.78 Å². The lowest BCUT2D eigenvalue weighted by atomic mass is 9.78. The quantitative estimate of drug-likeness (QED) is 0.410. The van der Waals surface area contributed by atoms with Crippen LogP contribution in [0.3, 0.4) is 0 Å². The number of carbonyl (C=O) groups is 1. The van der Waals surface area contributed by atoms with Gasteiger partial charge in [-0.15, -0.1) is 0 Å². The highest BCUT2D eigenvalue weighted by atomic mass is 16.6. The van der Waals surface area contributed by atoms with Crippen LogP contribution in [0, 0.1) is 26.1 Å². The predicted octanol–water partition coefficient (Wildman–Crippen LogP) is 1.84. The zero-order valence-electron chi connectivity index (χ0n) is 10.4. The summed E-state index contributed by atoms with van der Waals surface area (Å²) in [6.07, 6.45) is 3.01. The van der Waals surface area contributed by atoms with E-state index in [1.807, 2.05) is 6.92 Å². The molecule has 0 aliphatic heterocycles. The average Bonchev–Trinajstić information content (AvgIpc) is 2.30. The molecule has 18 heavy (non-hydrogen) atoms. The van der Waals surface area contributed by atoms with Crippen molar-refractivity contribution in [2.75, 3.05) is 0 Å². The molecule has 0 aromatic rings. The van der Waals surface area contributed by atoms with E-state index in [1.165, 1.54) is 0 Å². The zero-order valence-corrected chi connectivity index (χ0v) is 10.4. The van der Waals surface area contributed by atoms with Gasteiger partial charge in [0.15, 0.2) is 0 Å². The first-order valence-corrected chi connectivity index (χ1v) is 6.28. The van der Waals surface area contributed by atoms with Crippen LogP contribution in [0.2, 0.25) is 0 Å². The number of nitrogens with zero attached hydrogens (tertiary/aromatic N) is 2. The van der Waals surface area contributed by atoms with Crippen molar-refractivity contribution < 1.29 is 14.6 Å². The second-order valence-electron chi connectivity index (χ2n) is 4.74. The van der Waals surface area contributed by atoms with Crippen molar-refractivity contribution in [1.29, 1.82) is 0 Å². The van der Waals surface area contributed by atoms with Gasteiger partial charge in [-0.05, 0) is 6.42 Å². The summed E-state index contributed by atoms with van der Waals surface area (Å²) < 4.78 is 0. The third-order valence-electron chi connectivity index (χ3n) is 3.54. The molecule has 1 rings (SSSR count). The molecule has 7 nitrogen and oxygen atoms in total. The fourth-order valence-corrected chi connectivity index (χ4v) is 2.57. The van der Waals surface area contributed by atoms with Gasteiger partial charge in [0.05, 0.1) is 5.92 Å². The summed E-state index contributed by atoms with van der Waals surface area (Å²) in [5.41, 5.74) is 0. The highest BCUT2D eigenvalue weighted by molar-refractivity contribution is 5.82. The Kier molecular flexibility index (Phi) is 5.18. The molecule has 1 aliphatic rings. The molecule has 0 aromatic heterocycles. The van der Waals surface area contributed by atoms with Crippen molar-refractivity contribution in [2.24, 2.45) is 5.92 Å². The maximum Gasteiger partial charge on any atom is 0.288 e. The Labute approximate surface area is 105 Å². The van der Waals surface area contributed by atoms with E-state index in [-0.39, 0.29) is 18.6 Å². The van der Waals surface area contributed by atoms with Crippen molar-refractivity contribution in [1.82, 2.24) is 0 Å². The molecule has 0 N–H and O–H groups in total. The molecule has 1 fully saturated rings. The fraction of sp³-hybridized carbons (Fsp3) is 0.909. The van der Waals surface area contributed by atoms with Crippen LogP contribution < -0.4 is 0 Å². The van der Waals surface area contributed by atoms with Crippen LogP contribution in [0.1, 0.15) is 45.4 Å². The van der Waals surface area contributed by atoms with Crippen LogP contribution in [0.5, 0.6) is 0 Å². The average molecular weight is 258 g/mol. The summed E-state index contributed by atoms with van der Waals surface area (Å²) in [4.78, 5) is 32.4. The standard InChI is InChI=1S/C11H18N2O5/c1-2-3-4-5-8-10(14)7-6-9(12(15)16)11(8)13(17)18/h8-9,11H,2-7H2,1H3. The Balaban J connectivity index is 2.82. The SMILES string of the molecule is CCCCCC1C(=O)CCC([N+](=O)[O-])C1[N+](=O)[O-]. The van der Waals surface area contributed by atoms with Crippen LogP contribution >= 0.6 is 0 Å². The van der Waals surface area contributed by atoms with E-state index in [1.54, 1.807) is 0 Å². The summed E-state index contributed by atoms with van der Waals surface area (Å²) >= 11 is 0. The second kappa shape index (κ2) is 6.42. The molecule has 0 amide bonds. The summed E-state index contributed by atoms with van der Waals surface area (Å²) in [6, 6.07) is -2.57. The fourth-order valence-electron chi connectivity index (χ4n) is 2.57. The highest BCUT2D eigenvalue weighted by Gasteiger charge is 2.52. The molecule has 0 spiro atoms. The van der Waals surface area contributed by atoms with Crippen LogP contribution in [-0.2, 0) is 4.79 Å². The van der Waals surface area contributed by atoms with Gasteiger partial charge < -0.3 is 0 Å². The van der Waals surface area contributed by atoms with E-state index in [0.717, 1.165) is 12.8 Å². The van der Waals surface area contributed by atoms with E-state index in [2.05, 4.69) is 0 Å². The number of hydrogen-bond acceptors (Lipinski definition) is 5. The number of rotatable bonds is 6. The van der Waals surface area contributed by atoms with Gasteiger partial charge in [-0.3, -0.25) is 25.0 Å². The Morgan fingerprint density at radius 1 is 1.22 bits per heavy atom. The molecule has 1 saturated carbocycles. The van der Waals surface area contributed by atoms with Crippen molar-refractivity contribution in [3.63, 3.8) is 0 Å². The largest absolute Gasteiger partial charge is 0.299 e. The van der Waals surface area contributed by atoms with Crippen molar-refractivity contribution in [2.45, 2.75) is 57.5 Å². The first-order chi connectivity index (χ1) is 8.49. The second-order valence-corrected chi connectivity index (χ2v) is 4.74. The molecular formula is C11H18N2O5. The highest BCUT2D eigenvalue weighted by Crippen LogP contribution is 2.29. The van der Waals surface area contributed by atoms with Gasteiger partial charge in [-0.25, -0.2) is 0 Å². The van der Waals surface area contributed by atoms with E-state index in [0.29, 0.717) is 12.8 Å². The normalized spacial score (nSPS) is 28.1. The molecule has 0 heterocycles. The molecule has 3 unspecified atom stereocenters. The first kappa shape index (κ1) is 14.5. The minimum absolute atomic E-state index is 0.0121. The van der Waals surface area contributed by atoms with Crippen LogP contribution in [0.4, 0.5) is 0 Å². The topological polar surface area (TPSA) is 103 Å². The lowest BCUT2D eigenvalue weighted by molar-refractivity contribution is -0.624. The van der Waals surface area contributed by atoms with Crippen molar-refractivity contribution in [3.8, 4) is 0 Å². The van der Waals surface area contributed by atoms with Crippen LogP contribution in [-0.4, -0.2) is 27.7 Å². The number of carbonyl (C=O) groups excluding carboxylic acids is 1.